The molecule has 0 bridgehead atoms. The van der Waals surface area contributed by atoms with Crippen LogP contribution in [0.25, 0.3) is 0 Å². The Labute approximate surface area is 146 Å². The number of carbonyl (C=O) groups is 2. The molecule has 23 heavy (non-hydrogen) atoms. The molecule has 1 aliphatic rings. The van der Waals surface area contributed by atoms with E-state index < -0.39 is 0 Å². The first-order valence-corrected chi connectivity index (χ1v) is 7.60. The van der Waals surface area contributed by atoms with E-state index in [0.29, 0.717) is 55.5 Å². The Morgan fingerprint density at radius 1 is 1.30 bits per heavy atom. The molecule has 0 atom stereocenters. The van der Waals surface area contributed by atoms with Crippen molar-refractivity contribution in [2.45, 2.75) is 6.42 Å². The zero-order valence-electron chi connectivity index (χ0n) is 12.9. The minimum Gasteiger partial charge on any atom is -0.378 e. The lowest BCUT2D eigenvalue weighted by molar-refractivity contribution is -0.116. The molecular weight excluding hydrogens is 341 g/mol. The number of halogens is 2. The molecule has 0 aliphatic carbocycles. The summed E-state index contributed by atoms with van der Waals surface area (Å²) in [5.74, 6) is -0.209. The van der Waals surface area contributed by atoms with Crippen LogP contribution in [0.1, 0.15) is 16.8 Å². The summed E-state index contributed by atoms with van der Waals surface area (Å²) in [6.07, 6.45) is 0.378. The van der Waals surface area contributed by atoms with Crippen LogP contribution in [0.2, 0.25) is 5.02 Å². The molecule has 0 saturated carbocycles. The molecule has 6 nitrogen and oxygen atoms in total. The lowest BCUT2D eigenvalue weighted by Gasteiger charge is -2.27. The van der Waals surface area contributed by atoms with Gasteiger partial charge >= 0.3 is 0 Å². The minimum atomic E-state index is -0.110. The molecule has 1 saturated heterocycles. The molecule has 2 rings (SSSR count). The third kappa shape index (κ3) is 5.66. The first-order chi connectivity index (χ1) is 10.6. The molecule has 8 heteroatoms. The van der Waals surface area contributed by atoms with E-state index in [-0.39, 0.29) is 24.2 Å². The standard InChI is InChI=1S/C15H20ClN3O3.ClH/c1-17-5-4-14(20)18-11-2-3-12(13(16)10-11)15(21)19-6-8-22-9-7-19;/h2-3,10,17H,4-9H2,1H3,(H,18,20);1H. The van der Waals surface area contributed by atoms with E-state index in [2.05, 4.69) is 10.6 Å². The normalized spacial score (nSPS) is 14.1. The average Bonchev–Trinajstić information content (AvgIpc) is 2.53. The topological polar surface area (TPSA) is 70.7 Å². The molecule has 2 N–H and O–H groups in total. The Morgan fingerprint density at radius 2 is 2.00 bits per heavy atom. The van der Waals surface area contributed by atoms with Gasteiger partial charge in [-0.15, -0.1) is 12.4 Å². The van der Waals surface area contributed by atoms with Gasteiger partial charge in [0, 0.05) is 31.7 Å². The van der Waals surface area contributed by atoms with Crippen molar-refractivity contribution in [1.29, 1.82) is 0 Å². The monoisotopic (exact) mass is 361 g/mol. The third-order valence-electron chi connectivity index (χ3n) is 3.38. The SMILES string of the molecule is CNCCC(=O)Nc1ccc(C(=O)N2CCOCC2)c(Cl)c1.Cl. The fourth-order valence-electron chi connectivity index (χ4n) is 2.17. The van der Waals surface area contributed by atoms with E-state index in [1.165, 1.54) is 0 Å². The number of hydrogen-bond acceptors (Lipinski definition) is 4. The van der Waals surface area contributed by atoms with Gasteiger partial charge < -0.3 is 20.3 Å². The van der Waals surface area contributed by atoms with E-state index in [1.54, 1.807) is 30.1 Å². The van der Waals surface area contributed by atoms with Crippen molar-refractivity contribution in [2.75, 3.05) is 45.2 Å². The van der Waals surface area contributed by atoms with Gasteiger partial charge in [0.2, 0.25) is 5.91 Å². The van der Waals surface area contributed by atoms with E-state index in [1.807, 2.05) is 0 Å². The second kappa shape index (κ2) is 9.72. The highest BCUT2D eigenvalue weighted by Crippen LogP contribution is 2.23. The van der Waals surface area contributed by atoms with Gasteiger partial charge in [0.05, 0.1) is 23.8 Å². The fraction of sp³-hybridized carbons (Fsp3) is 0.467. The number of nitrogens with zero attached hydrogens (tertiary/aromatic N) is 1. The van der Waals surface area contributed by atoms with Crippen molar-refractivity contribution in [3.63, 3.8) is 0 Å². The largest absolute Gasteiger partial charge is 0.378 e. The predicted molar refractivity (Wildman–Crippen MR) is 92.6 cm³/mol. The van der Waals surface area contributed by atoms with Crippen molar-refractivity contribution in [1.82, 2.24) is 10.2 Å². The molecule has 0 spiro atoms. The lowest BCUT2D eigenvalue weighted by Crippen LogP contribution is -2.40. The minimum absolute atomic E-state index is 0. The van der Waals surface area contributed by atoms with Crippen LogP contribution in [0.5, 0.6) is 0 Å². The van der Waals surface area contributed by atoms with E-state index in [4.69, 9.17) is 16.3 Å². The van der Waals surface area contributed by atoms with Gasteiger partial charge in [-0.3, -0.25) is 9.59 Å². The summed E-state index contributed by atoms with van der Waals surface area (Å²) in [7, 11) is 1.79. The Kier molecular flexibility index (Phi) is 8.33. The van der Waals surface area contributed by atoms with Crippen LogP contribution in [-0.4, -0.2) is 56.6 Å². The quantitative estimate of drug-likeness (QED) is 0.838. The molecule has 1 aromatic carbocycles. The van der Waals surface area contributed by atoms with Crippen molar-refractivity contribution >= 4 is 41.5 Å². The molecular formula is C15H21Cl2N3O3. The number of ether oxygens (including phenoxy) is 1. The zero-order valence-corrected chi connectivity index (χ0v) is 14.5. The molecule has 1 aromatic rings. The number of hydrogen-bond donors (Lipinski definition) is 2. The number of nitrogens with one attached hydrogen (secondary N) is 2. The maximum atomic E-state index is 12.4. The van der Waals surface area contributed by atoms with Crippen LogP contribution in [-0.2, 0) is 9.53 Å². The van der Waals surface area contributed by atoms with Crippen molar-refractivity contribution in [3.8, 4) is 0 Å². The highest BCUT2D eigenvalue weighted by molar-refractivity contribution is 6.34. The highest BCUT2D eigenvalue weighted by Gasteiger charge is 2.20. The number of rotatable bonds is 5. The number of amides is 2. The number of carbonyl (C=O) groups excluding carboxylic acids is 2. The fourth-order valence-corrected chi connectivity index (χ4v) is 2.43. The van der Waals surface area contributed by atoms with Gasteiger partial charge in [-0.2, -0.15) is 0 Å². The molecule has 0 unspecified atom stereocenters. The van der Waals surface area contributed by atoms with Gasteiger partial charge in [-0.05, 0) is 25.2 Å². The average molecular weight is 362 g/mol. The van der Waals surface area contributed by atoms with Crippen molar-refractivity contribution in [2.24, 2.45) is 0 Å². The van der Waals surface area contributed by atoms with E-state index in [9.17, 15) is 9.59 Å². The summed E-state index contributed by atoms with van der Waals surface area (Å²) in [4.78, 5) is 25.8. The molecule has 2 amide bonds. The second-order valence-corrected chi connectivity index (χ2v) is 5.41. The Hall–Kier alpha value is -1.34. The lowest BCUT2D eigenvalue weighted by atomic mass is 10.1. The van der Waals surface area contributed by atoms with Gasteiger partial charge in [0.25, 0.3) is 5.91 Å². The Bertz CT molecular complexity index is 549. The van der Waals surface area contributed by atoms with Gasteiger partial charge in [0.1, 0.15) is 0 Å². The van der Waals surface area contributed by atoms with Crippen LogP contribution in [0.15, 0.2) is 18.2 Å². The summed E-state index contributed by atoms with van der Waals surface area (Å²) in [6.45, 7) is 2.83. The smallest absolute Gasteiger partial charge is 0.255 e. The summed E-state index contributed by atoms with van der Waals surface area (Å²) >= 11 is 6.19. The van der Waals surface area contributed by atoms with Gasteiger partial charge in [-0.1, -0.05) is 11.6 Å². The molecule has 0 aromatic heterocycles. The number of morpholine rings is 1. The van der Waals surface area contributed by atoms with Crippen LogP contribution < -0.4 is 10.6 Å². The predicted octanol–water partition coefficient (Wildman–Crippen LogP) is 1.78. The van der Waals surface area contributed by atoms with E-state index in [0.717, 1.165) is 0 Å². The molecule has 1 aliphatic heterocycles. The van der Waals surface area contributed by atoms with Gasteiger partial charge in [-0.25, -0.2) is 0 Å². The first kappa shape index (κ1) is 19.7. The van der Waals surface area contributed by atoms with Crippen molar-refractivity contribution in [3.05, 3.63) is 28.8 Å². The summed E-state index contributed by atoms with van der Waals surface area (Å²) in [6, 6.07) is 4.94. The molecule has 128 valence electrons. The first-order valence-electron chi connectivity index (χ1n) is 7.23. The second-order valence-electron chi connectivity index (χ2n) is 5.00. The summed E-state index contributed by atoms with van der Waals surface area (Å²) < 4.78 is 5.23. The zero-order chi connectivity index (χ0) is 15.9. The van der Waals surface area contributed by atoms with Crippen LogP contribution in [0.3, 0.4) is 0 Å². The maximum Gasteiger partial charge on any atom is 0.255 e. The highest BCUT2D eigenvalue weighted by atomic mass is 35.5. The molecule has 1 heterocycles. The van der Waals surface area contributed by atoms with Gasteiger partial charge in [0.15, 0.2) is 0 Å². The van der Waals surface area contributed by atoms with E-state index >= 15 is 0 Å². The Morgan fingerprint density at radius 3 is 2.61 bits per heavy atom. The Balaban J connectivity index is 0.00000264. The maximum absolute atomic E-state index is 12.4. The molecule has 0 radical (unpaired) electrons. The van der Waals surface area contributed by atoms with Crippen LogP contribution >= 0.6 is 24.0 Å². The van der Waals surface area contributed by atoms with Crippen molar-refractivity contribution < 1.29 is 14.3 Å². The molecule has 1 fully saturated rings. The summed E-state index contributed by atoms with van der Waals surface area (Å²) in [5, 5.41) is 6.00. The third-order valence-corrected chi connectivity index (χ3v) is 3.70. The number of anilines is 1. The van der Waals surface area contributed by atoms with Crippen LogP contribution in [0.4, 0.5) is 5.69 Å². The van der Waals surface area contributed by atoms with Crippen LogP contribution in [0, 0.1) is 0 Å². The summed E-state index contributed by atoms with van der Waals surface area (Å²) in [5.41, 5.74) is 1.03. The number of benzene rings is 1.